The Morgan fingerprint density at radius 2 is 2.00 bits per heavy atom. The van der Waals surface area contributed by atoms with Crippen LogP contribution in [0.15, 0.2) is 41.2 Å². The van der Waals surface area contributed by atoms with E-state index in [-0.39, 0.29) is 11.3 Å². The van der Waals surface area contributed by atoms with Crippen molar-refractivity contribution in [2.45, 2.75) is 20.4 Å². The minimum Gasteiger partial charge on any atom is -0.496 e. The lowest BCUT2D eigenvalue weighted by atomic mass is 10.1. The van der Waals surface area contributed by atoms with Crippen LogP contribution in [0.25, 0.3) is 0 Å². The lowest BCUT2D eigenvalue weighted by Crippen LogP contribution is -2.21. The Labute approximate surface area is 117 Å². The van der Waals surface area contributed by atoms with E-state index in [0.717, 1.165) is 11.3 Å². The van der Waals surface area contributed by atoms with Gasteiger partial charge in [0.2, 0.25) is 0 Å². The third-order valence-corrected chi connectivity index (χ3v) is 3.28. The van der Waals surface area contributed by atoms with Crippen LogP contribution in [0.1, 0.15) is 28.5 Å². The lowest BCUT2D eigenvalue weighted by Gasteiger charge is -2.13. The lowest BCUT2D eigenvalue weighted by molar-refractivity contribution is 0.101. The van der Waals surface area contributed by atoms with Crippen molar-refractivity contribution >= 4 is 5.78 Å². The largest absolute Gasteiger partial charge is 0.496 e. The molecule has 1 heterocycles. The molecule has 0 aliphatic rings. The molecular formula is C16H17NO3. The van der Waals surface area contributed by atoms with E-state index >= 15 is 0 Å². The molecule has 0 radical (unpaired) electrons. The van der Waals surface area contributed by atoms with Gasteiger partial charge < -0.3 is 9.30 Å². The number of pyridine rings is 1. The molecule has 2 aromatic rings. The molecule has 2 rings (SSSR count). The number of ether oxygens (including phenoxy) is 1. The molecule has 0 N–H and O–H groups in total. The Kier molecular flexibility index (Phi) is 4.03. The van der Waals surface area contributed by atoms with Gasteiger partial charge in [0.25, 0.3) is 5.56 Å². The van der Waals surface area contributed by atoms with Crippen LogP contribution in [0, 0.1) is 6.92 Å². The number of carbonyl (C=O) groups is 1. The third kappa shape index (κ3) is 2.79. The second kappa shape index (κ2) is 5.74. The molecule has 0 bridgehead atoms. The standard InChI is InChI=1S/C16H17NO3/c1-11-5-4-6-16(19)17(11)10-14-9-13(12(2)18)7-8-15(14)20-3/h4-9H,10H2,1-3H3. The van der Waals surface area contributed by atoms with Gasteiger partial charge in [-0.1, -0.05) is 6.07 Å². The number of benzene rings is 1. The minimum atomic E-state index is -0.0692. The first-order valence-electron chi connectivity index (χ1n) is 6.37. The molecule has 4 heteroatoms. The van der Waals surface area contributed by atoms with Crippen LogP contribution in [-0.2, 0) is 6.54 Å². The highest BCUT2D eigenvalue weighted by Crippen LogP contribution is 2.21. The van der Waals surface area contributed by atoms with Crippen LogP contribution >= 0.6 is 0 Å². The first kappa shape index (κ1) is 14.1. The van der Waals surface area contributed by atoms with Crippen molar-refractivity contribution < 1.29 is 9.53 Å². The van der Waals surface area contributed by atoms with Crippen LogP contribution in [0.3, 0.4) is 0 Å². The molecule has 104 valence electrons. The SMILES string of the molecule is COc1ccc(C(C)=O)cc1Cn1c(C)cccc1=O. The Balaban J connectivity index is 2.49. The second-order valence-electron chi connectivity index (χ2n) is 4.67. The first-order valence-corrected chi connectivity index (χ1v) is 6.37. The highest BCUT2D eigenvalue weighted by Gasteiger charge is 2.09. The van der Waals surface area contributed by atoms with E-state index in [2.05, 4.69) is 0 Å². The maximum absolute atomic E-state index is 11.9. The molecule has 1 aromatic heterocycles. The van der Waals surface area contributed by atoms with Gasteiger partial charge in [0, 0.05) is 22.9 Å². The predicted octanol–water partition coefficient (Wildman–Crippen LogP) is 2.42. The van der Waals surface area contributed by atoms with Gasteiger partial charge in [-0.15, -0.1) is 0 Å². The number of aromatic nitrogens is 1. The molecule has 0 amide bonds. The van der Waals surface area contributed by atoms with Crippen molar-refractivity contribution in [2.75, 3.05) is 7.11 Å². The first-order chi connectivity index (χ1) is 9.52. The number of hydrogen-bond acceptors (Lipinski definition) is 3. The van der Waals surface area contributed by atoms with Crippen molar-refractivity contribution in [2.24, 2.45) is 0 Å². The number of methoxy groups -OCH3 is 1. The van der Waals surface area contributed by atoms with Crippen molar-refractivity contribution in [1.29, 1.82) is 0 Å². The maximum atomic E-state index is 11.9. The van der Waals surface area contributed by atoms with E-state index in [1.165, 1.54) is 13.0 Å². The molecule has 0 saturated heterocycles. The highest BCUT2D eigenvalue weighted by molar-refractivity contribution is 5.94. The predicted molar refractivity (Wildman–Crippen MR) is 77.5 cm³/mol. The highest BCUT2D eigenvalue weighted by atomic mass is 16.5. The fraction of sp³-hybridized carbons (Fsp3) is 0.250. The topological polar surface area (TPSA) is 48.3 Å². The second-order valence-corrected chi connectivity index (χ2v) is 4.67. The number of aryl methyl sites for hydroxylation is 1. The average Bonchev–Trinajstić information content (AvgIpc) is 2.42. The van der Waals surface area contributed by atoms with Gasteiger partial charge in [-0.05, 0) is 38.1 Å². The Morgan fingerprint density at radius 3 is 2.60 bits per heavy atom. The van der Waals surface area contributed by atoms with Gasteiger partial charge >= 0.3 is 0 Å². The summed E-state index contributed by atoms with van der Waals surface area (Å²) in [6.07, 6.45) is 0. The van der Waals surface area contributed by atoms with Crippen LogP contribution < -0.4 is 10.3 Å². The van der Waals surface area contributed by atoms with Crippen LogP contribution in [-0.4, -0.2) is 17.5 Å². The van der Waals surface area contributed by atoms with Gasteiger partial charge in [0.05, 0.1) is 13.7 Å². The molecule has 0 saturated carbocycles. The number of hydrogen-bond donors (Lipinski definition) is 0. The third-order valence-electron chi connectivity index (χ3n) is 3.28. The number of carbonyl (C=O) groups excluding carboxylic acids is 1. The van der Waals surface area contributed by atoms with Crippen molar-refractivity contribution in [1.82, 2.24) is 4.57 Å². The summed E-state index contributed by atoms with van der Waals surface area (Å²) in [5.41, 5.74) is 2.23. The van der Waals surface area contributed by atoms with E-state index < -0.39 is 0 Å². The molecule has 0 aliphatic carbocycles. The Hall–Kier alpha value is -2.36. The summed E-state index contributed by atoms with van der Waals surface area (Å²) in [5.74, 6) is 0.663. The molecule has 20 heavy (non-hydrogen) atoms. The zero-order valence-electron chi connectivity index (χ0n) is 11.8. The molecule has 0 aliphatic heterocycles. The van der Waals surface area contributed by atoms with Crippen molar-refractivity contribution in [3.05, 3.63) is 63.6 Å². The fourth-order valence-corrected chi connectivity index (χ4v) is 2.12. The molecule has 0 spiro atoms. The van der Waals surface area contributed by atoms with Gasteiger partial charge in [-0.25, -0.2) is 0 Å². The van der Waals surface area contributed by atoms with E-state index in [0.29, 0.717) is 17.9 Å². The Morgan fingerprint density at radius 1 is 1.25 bits per heavy atom. The summed E-state index contributed by atoms with van der Waals surface area (Å²) < 4.78 is 6.96. The molecule has 0 unspecified atom stereocenters. The zero-order chi connectivity index (χ0) is 14.7. The molecule has 4 nitrogen and oxygen atoms in total. The summed E-state index contributed by atoms with van der Waals surface area (Å²) in [7, 11) is 1.58. The number of rotatable bonds is 4. The molecule has 1 aromatic carbocycles. The summed E-state index contributed by atoms with van der Waals surface area (Å²) in [4.78, 5) is 23.4. The van der Waals surface area contributed by atoms with E-state index in [1.807, 2.05) is 13.0 Å². The Bertz CT molecular complexity index is 701. The fourth-order valence-electron chi connectivity index (χ4n) is 2.12. The molecular weight excluding hydrogens is 254 g/mol. The van der Waals surface area contributed by atoms with E-state index in [4.69, 9.17) is 4.74 Å². The monoisotopic (exact) mass is 271 g/mol. The summed E-state index contributed by atoms with van der Waals surface area (Å²) in [6, 6.07) is 10.4. The van der Waals surface area contributed by atoms with Crippen LogP contribution in [0.5, 0.6) is 5.75 Å². The normalized spacial score (nSPS) is 10.3. The van der Waals surface area contributed by atoms with Gasteiger partial charge in [-0.3, -0.25) is 9.59 Å². The maximum Gasteiger partial charge on any atom is 0.251 e. The molecule has 0 atom stereocenters. The number of Topliss-reactive ketones (excluding diaryl/α,β-unsaturated/α-hetero) is 1. The van der Waals surface area contributed by atoms with Gasteiger partial charge in [0.1, 0.15) is 5.75 Å². The van der Waals surface area contributed by atoms with Gasteiger partial charge in [0.15, 0.2) is 5.78 Å². The summed E-state index contributed by atoms with van der Waals surface area (Å²) in [5, 5.41) is 0. The average molecular weight is 271 g/mol. The van der Waals surface area contributed by atoms with E-state index in [9.17, 15) is 9.59 Å². The smallest absolute Gasteiger partial charge is 0.251 e. The zero-order valence-corrected chi connectivity index (χ0v) is 11.8. The van der Waals surface area contributed by atoms with Gasteiger partial charge in [-0.2, -0.15) is 0 Å². The number of nitrogens with zero attached hydrogens (tertiary/aromatic N) is 1. The molecule has 0 fully saturated rings. The quantitative estimate of drug-likeness (QED) is 0.802. The van der Waals surface area contributed by atoms with Crippen LogP contribution in [0.4, 0.5) is 0 Å². The van der Waals surface area contributed by atoms with Crippen LogP contribution in [0.2, 0.25) is 0 Å². The van der Waals surface area contributed by atoms with Crippen molar-refractivity contribution in [3.8, 4) is 5.75 Å². The minimum absolute atomic E-state index is 0.00830. The van der Waals surface area contributed by atoms with Crippen molar-refractivity contribution in [3.63, 3.8) is 0 Å². The number of ketones is 1. The van der Waals surface area contributed by atoms with E-state index in [1.54, 1.807) is 35.9 Å². The summed E-state index contributed by atoms with van der Waals surface area (Å²) in [6.45, 7) is 3.78. The summed E-state index contributed by atoms with van der Waals surface area (Å²) >= 11 is 0.